The van der Waals surface area contributed by atoms with Crippen LogP contribution in [0.3, 0.4) is 0 Å². The molecule has 1 amide bonds. The van der Waals surface area contributed by atoms with E-state index in [0.29, 0.717) is 22.4 Å². The molecule has 5 nitrogen and oxygen atoms in total. The van der Waals surface area contributed by atoms with Crippen LogP contribution in [0, 0.1) is 13.8 Å². The van der Waals surface area contributed by atoms with E-state index in [4.69, 9.17) is 20.4 Å². The average molecular weight is 209 g/mol. The van der Waals surface area contributed by atoms with Crippen molar-refractivity contribution in [2.75, 3.05) is 0 Å². The molecule has 1 rings (SSSR count). The molecule has 0 aromatic heterocycles. The molecule has 0 aliphatic carbocycles. The van der Waals surface area contributed by atoms with Gasteiger partial charge in [-0.15, -0.1) is 0 Å². The third-order valence-electron chi connectivity index (χ3n) is 1.97. The largest absolute Gasteiger partial charge is 0.707 e. The van der Waals surface area contributed by atoms with Gasteiger partial charge < -0.3 is 20.4 Å². The van der Waals surface area contributed by atoms with Gasteiger partial charge in [-0.2, -0.15) is 0 Å². The van der Waals surface area contributed by atoms with Crippen LogP contribution in [0.5, 0.6) is 5.75 Å². The van der Waals surface area contributed by atoms with Crippen molar-refractivity contribution in [3.8, 4) is 5.75 Å². The number of aryl methyl sites for hydroxylation is 2. The number of carbonyl (C=O) groups excluding carboxylic acids is 1. The molecule has 0 bridgehead atoms. The Hall–Kier alpha value is -1.53. The van der Waals surface area contributed by atoms with Crippen molar-refractivity contribution in [2.24, 2.45) is 5.73 Å². The number of carbonyl (C=O) groups is 1. The summed E-state index contributed by atoms with van der Waals surface area (Å²) in [4.78, 5) is 10.9. The van der Waals surface area contributed by atoms with E-state index in [1.54, 1.807) is 13.8 Å². The fourth-order valence-corrected chi connectivity index (χ4v) is 1.38. The second-order valence-electron chi connectivity index (χ2n) is 3.25. The van der Waals surface area contributed by atoms with Crippen molar-refractivity contribution >= 4 is 13.2 Å². The van der Waals surface area contributed by atoms with Crippen molar-refractivity contribution in [2.45, 2.75) is 13.8 Å². The summed E-state index contributed by atoms with van der Waals surface area (Å²) < 4.78 is 4.77. The van der Waals surface area contributed by atoms with E-state index >= 15 is 0 Å². The predicted octanol–water partition coefficient (Wildman–Crippen LogP) is -0.249. The monoisotopic (exact) mass is 209 g/mol. The predicted molar refractivity (Wildman–Crippen MR) is 55.3 cm³/mol. The minimum Gasteiger partial charge on any atom is -0.512 e. The van der Waals surface area contributed by atoms with Gasteiger partial charge in [0, 0.05) is 5.56 Å². The number of rotatable bonds is 3. The number of nitrogens with two attached hydrogens (primary N) is 1. The summed E-state index contributed by atoms with van der Waals surface area (Å²) in [5.74, 6) is -0.188. The van der Waals surface area contributed by atoms with Gasteiger partial charge >= 0.3 is 7.32 Å². The van der Waals surface area contributed by atoms with Gasteiger partial charge in [-0.25, -0.2) is 0 Å². The summed E-state index contributed by atoms with van der Waals surface area (Å²) in [5, 5.41) is 17.3. The van der Waals surface area contributed by atoms with Crippen molar-refractivity contribution in [3.63, 3.8) is 0 Å². The molecular formula is C9H12BNO4. The molecule has 0 saturated heterocycles. The van der Waals surface area contributed by atoms with Crippen molar-refractivity contribution < 1.29 is 19.5 Å². The van der Waals surface area contributed by atoms with Gasteiger partial charge in [0.1, 0.15) is 5.75 Å². The molecule has 15 heavy (non-hydrogen) atoms. The van der Waals surface area contributed by atoms with Gasteiger partial charge in [0.05, 0.1) is 0 Å². The lowest BCUT2D eigenvalue weighted by Gasteiger charge is -2.12. The molecule has 0 heterocycles. The first-order valence-electron chi connectivity index (χ1n) is 4.35. The number of hydrogen-bond donors (Lipinski definition) is 3. The van der Waals surface area contributed by atoms with Crippen molar-refractivity contribution in [1.29, 1.82) is 0 Å². The lowest BCUT2D eigenvalue weighted by Crippen LogP contribution is -2.22. The van der Waals surface area contributed by atoms with Gasteiger partial charge in [0.25, 0.3) is 0 Å². The summed E-state index contributed by atoms with van der Waals surface area (Å²) in [6.07, 6.45) is 0. The molecule has 0 unspecified atom stereocenters. The Morgan fingerprint density at radius 2 is 1.80 bits per heavy atom. The lowest BCUT2D eigenvalue weighted by atomic mass is 10.0. The number of primary amides is 1. The van der Waals surface area contributed by atoms with Gasteiger partial charge in [-0.05, 0) is 37.1 Å². The minimum atomic E-state index is -1.87. The summed E-state index contributed by atoms with van der Waals surface area (Å²) in [6.45, 7) is 3.38. The molecule has 0 saturated carbocycles. The summed E-state index contributed by atoms with van der Waals surface area (Å²) in [5.41, 5.74) is 6.73. The van der Waals surface area contributed by atoms with Crippen LogP contribution in [0.1, 0.15) is 21.5 Å². The van der Waals surface area contributed by atoms with Gasteiger partial charge in [0.2, 0.25) is 5.91 Å². The van der Waals surface area contributed by atoms with Crippen LogP contribution in [0.4, 0.5) is 0 Å². The molecule has 1 aromatic rings. The van der Waals surface area contributed by atoms with E-state index in [9.17, 15) is 4.79 Å². The molecule has 0 spiro atoms. The zero-order valence-corrected chi connectivity index (χ0v) is 8.52. The maximum atomic E-state index is 10.9. The highest BCUT2D eigenvalue weighted by Crippen LogP contribution is 2.24. The Morgan fingerprint density at radius 3 is 2.13 bits per heavy atom. The van der Waals surface area contributed by atoms with Gasteiger partial charge in [0.15, 0.2) is 0 Å². The quantitative estimate of drug-likeness (QED) is 0.598. The van der Waals surface area contributed by atoms with Crippen LogP contribution < -0.4 is 10.4 Å². The zero-order chi connectivity index (χ0) is 11.6. The maximum absolute atomic E-state index is 10.9. The highest BCUT2D eigenvalue weighted by atomic mass is 16.6. The first-order chi connectivity index (χ1) is 6.91. The smallest absolute Gasteiger partial charge is 0.512 e. The Balaban J connectivity index is 3.15. The molecule has 0 atom stereocenters. The van der Waals surface area contributed by atoms with Crippen molar-refractivity contribution in [1.82, 2.24) is 0 Å². The fraction of sp³-hybridized carbons (Fsp3) is 0.222. The Bertz CT molecular complexity index is 369. The summed E-state index contributed by atoms with van der Waals surface area (Å²) in [7, 11) is -1.87. The average Bonchev–Trinajstić information content (AvgIpc) is 2.10. The Labute approximate surface area is 87.7 Å². The molecule has 80 valence electrons. The highest BCUT2D eigenvalue weighted by molar-refractivity contribution is 6.33. The molecule has 4 N–H and O–H groups in total. The molecule has 0 aliphatic rings. The van der Waals surface area contributed by atoms with Crippen LogP contribution in [0.25, 0.3) is 0 Å². The fourth-order valence-electron chi connectivity index (χ4n) is 1.38. The van der Waals surface area contributed by atoms with Crippen LogP contribution in [0.15, 0.2) is 12.1 Å². The molecular weight excluding hydrogens is 197 g/mol. The topological polar surface area (TPSA) is 92.8 Å². The Kier molecular flexibility index (Phi) is 3.33. The SMILES string of the molecule is Cc1cc(C(N)=O)cc(C)c1OB(O)O. The second-order valence-corrected chi connectivity index (χ2v) is 3.25. The molecule has 0 fully saturated rings. The molecule has 6 heteroatoms. The van der Waals surface area contributed by atoms with Crippen LogP contribution in [-0.4, -0.2) is 23.3 Å². The summed E-state index contributed by atoms with van der Waals surface area (Å²) in [6, 6.07) is 3.07. The number of benzene rings is 1. The zero-order valence-electron chi connectivity index (χ0n) is 8.52. The molecule has 0 aliphatic heterocycles. The highest BCUT2D eigenvalue weighted by Gasteiger charge is 2.16. The summed E-state index contributed by atoms with van der Waals surface area (Å²) >= 11 is 0. The van der Waals surface area contributed by atoms with E-state index in [0.717, 1.165) is 0 Å². The van der Waals surface area contributed by atoms with E-state index in [2.05, 4.69) is 0 Å². The minimum absolute atomic E-state index is 0.343. The van der Waals surface area contributed by atoms with Crippen LogP contribution in [-0.2, 0) is 0 Å². The van der Waals surface area contributed by atoms with E-state index < -0.39 is 13.2 Å². The first-order valence-corrected chi connectivity index (χ1v) is 4.35. The second kappa shape index (κ2) is 4.33. The van der Waals surface area contributed by atoms with Crippen LogP contribution in [0.2, 0.25) is 0 Å². The van der Waals surface area contributed by atoms with E-state index in [-0.39, 0.29) is 0 Å². The van der Waals surface area contributed by atoms with Gasteiger partial charge in [-0.3, -0.25) is 4.79 Å². The number of hydrogen-bond acceptors (Lipinski definition) is 4. The van der Waals surface area contributed by atoms with Gasteiger partial charge in [-0.1, -0.05) is 0 Å². The van der Waals surface area contributed by atoms with Crippen molar-refractivity contribution in [3.05, 3.63) is 28.8 Å². The standard InChI is InChI=1S/C9H12BNO4/c1-5-3-7(9(11)12)4-6(2)8(5)15-10(13)14/h3-4,13-14H,1-2H3,(H2,11,12). The number of amides is 1. The van der Waals surface area contributed by atoms with E-state index in [1.165, 1.54) is 12.1 Å². The Morgan fingerprint density at radius 1 is 1.33 bits per heavy atom. The third kappa shape index (κ3) is 2.71. The van der Waals surface area contributed by atoms with Crippen LogP contribution >= 0.6 is 0 Å². The first kappa shape index (κ1) is 11.5. The third-order valence-corrected chi connectivity index (χ3v) is 1.97. The van der Waals surface area contributed by atoms with E-state index in [1.807, 2.05) is 0 Å². The maximum Gasteiger partial charge on any atom is 0.707 e. The molecule has 1 aromatic carbocycles. The lowest BCUT2D eigenvalue weighted by molar-refractivity contribution is 0.1000. The normalized spacial score (nSPS) is 9.87. The molecule has 0 radical (unpaired) electrons.